The van der Waals surface area contributed by atoms with Gasteiger partial charge in [0.25, 0.3) is 0 Å². The Morgan fingerprint density at radius 1 is 1.36 bits per heavy atom. The van der Waals surface area contributed by atoms with Gasteiger partial charge < -0.3 is 29.4 Å². The van der Waals surface area contributed by atoms with Crippen LogP contribution in [-0.4, -0.2) is 43.4 Å². The SMILES string of the molecule is CC(C)(C)[Si](C)(C)OC[C@@H](NC(=O)O)[C@@H](O)C1=COC=C(C2=CC=CCC2)O1. The number of aliphatic hydroxyl groups is 1. The van der Waals surface area contributed by atoms with Crippen LogP contribution in [0.2, 0.25) is 18.1 Å². The van der Waals surface area contributed by atoms with E-state index in [1.807, 2.05) is 12.2 Å². The molecular formula is C20H31NO6Si. The molecule has 0 aromatic carbocycles. The molecule has 1 heterocycles. The Kier molecular flexibility index (Phi) is 7.14. The van der Waals surface area contributed by atoms with E-state index in [2.05, 4.69) is 45.3 Å². The van der Waals surface area contributed by atoms with Gasteiger partial charge in [-0.3, -0.25) is 0 Å². The number of ether oxygens (including phenoxy) is 2. The van der Waals surface area contributed by atoms with Crippen molar-refractivity contribution in [3.8, 4) is 0 Å². The van der Waals surface area contributed by atoms with Gasteiger partial charge in [-0.15, -0.1) is 0 Å². The van der Waals surface area contributed by atoms with Crippen LogP contribution in [0.1, 0.15) is 33.6 Å². The monoisotopic (exact) mass is 409 g/mol. The Balaban J connectivity index is 2.08. The molecule has 0 bridgehead atoms. The molecule has 0 unspecified atom stereocenters. The predicted molar refractivity (Wildman–Crippen MR) is 109 cm³/mol. The summed E-state index contributed by atoms with van der Waals surface area (Å²) in [4.78, 5) is 11.2. The summed E-state index contributed by atoms with van der Waals surface area (Å²) >= 11 is 0. The minimum atomic E-state index is -2.12. The molecule has 0 saturated heterocycles. The molecule has 1 amide bonds. The lowest BCUT2D eigenvalue weighted by molar-refractivity contribution is 0.0628. The number of nitrogens with one attached hydrogen (secondary N) is 1. The van der Waals surface area contributed by atoms with Crippen molar-refractivity contribution >= 4 is 14.4 Å². The molecule has 8 heteroatoms. The molecule has 2 rings (SSSR count). The van der Waals surface area contributed by atoms with Crippen LogP contribution < -0.4 is 5.32 Å². The van der Waals surface area contributed by atoms with E-state index >= 15 is 0 Å². The summed E-state index contributed by atoms with van der Waals surface area (Å²) in [5.74, 6) is 0.658. The quantitative estimate of drug-likeness (QED) is 0.550. The summed E-state index contributed by atoms with van der Waals surface area (Å²) in [6.07, 6.45) is 7.92. The molecule has 156 valence electrons. The first-order valence-corrected chi connectivity index (χ1v) is 12.3. The topological polar surface area (TPSA) is 97.3 Å². The lowest BCUT2D eigenvalue weighted by atomic mass is 10.0. The number of carbonyl (C=O) groups is 1. The predicted octanol–water partition coefficient (Wildman–Crippen LogP) is 4.01. The van der Waals surface area contributed by atoms with Gasteiger partial charge in [-0.2, -0.15) is 0 Å². The Morgan fingerprint density at radius 2 is 2.07 bits per heavy atom. The van der Waals surface area contributed by atoms with Crippen molar-refractivity contribution in [3.63, 3.8) is 0 Å². The Bertz CT molecular complexity index is 702. The molecule has 1 aliphatic carbocycles. The average Bonchev–Trinajstić information content (AvgIpc) is 2.64. The first-order valence-electron chi connectivity index (χ1n) is 9.42. The Labute approximate surface area is 167 Å². The molecule has 0 aromatic heterocycles. The van der Waals surface area contributed by atoms with Crippen molar-refractivity contribution in [1.29, 1.82) is 0 Å². The number of amides is 1. The fourth-order valence-electron chi connectivity index (χ4n) is 2.50. The third-order valence-electron chi connectivity index (χ3n) is 5.33. The van der Waals surface area contributed by atoms with Crippen LogP contribution in [-0.2, 0) is 13.9 Å². The van der Waals surface area contributed by atoms with E-state index in [4.69, 9.17) is 13.9 Å². The lowest BCUT2D eigenvalue weighted by Gasteiger charge is -2.38. The molecule has 0 radical (unpaired) electrons. The third-order valence-corrected chi connectivity index (χ3v) is 9.83. The zero-order valence-corrected chi connectivity index (χ0v) is 18.2. The second kappa shape index (κ2) is 8.98. The van der Waals surface area contributed by atoms with Crippen LogP contribution in [0.3, 0.4) is 0 Å². The molecular weight excluding hydrogens is 378 g/mol. The van der Waals surface area contributed by atoms with Gasteiger partial charge >= 0.3 is 6.09 Å². The number of carboxylic acid groups (broad SMARTS) is 1. The lowest BCUT2D eigenvalue weighted by Crippen LogP contribution is -2.51. The average molecular weight is 410 g/mol. The summed E-state index contributed by atoms with van der Waals surface area (Å²) in [5.41, 5.74) is 0.959. The molecule has 0 fully saturated rings. The Hall–Kier alpha value is -2.03. The van der Waals surface area contributed by atoms with Crippen molar-refractivity contribution in [2.45, 2.75) is 63.9 Å². The van der Waals surface area contributed by atoms with Crippen molar-refractivity contribution < 1.29 is 28.9 Å². The number of rotatable bonds is 7. The van der Waals surface area contributed by atoms with Gasteiger partial charge in [0, 0.05) is 0 Å². The summed E-state index contributed by atoms with van der Waals surface area (Å²) in [6, 6.07) is -0.888. The van der Waals surface area contributed by atoms with E-state index in [0.717, 1.165) is 18.4 Å². The molecule has 3 N–H and O–H groups in total. The largest absolute Gasteiger partial charge is 0.465 e. The second-order valence-corrected chi connectivity index (χ2v) is 13.3. The van der Waals surface area contributed by atoms with Crippen molar-refractivity contribution in [2.75, 3.05) is 6.61 Å². The van der Waals surface area contributed by atoms with Crippen LogP contribution in [0.5, 0.6) is 0 Å². The molecule has 2 atom stereocenters. The highest BCUT2D eigenvalue weighted by Gasteiger charge is 2.39. The molecule has 0 aromatic rings. The summed E-state index contributed by atoms with van der Waals surface area (Å²) in [5, 5.41) is 22.3. The van der Waals surface area contributed by atoms with E-state index in [-0.39, 0.29) is 17.4 Å². The highest BCUT2D eigenvalue weighted by Crippen LogP contribution is 2.37. The zero-order valence-electron chi connectivity index (χ0n) is 17.2. The first-order chi connectivity index (χ1) is 13.0. The van der Waals surface area contributed by atoms with Gasteiger partial charge in [0.2, 0.25) is 0 Å². The van der Waals surface area contributed by atoms with Crippen LogP contribution in [0.15, 0.2) is 47.8 Å². The van der Waals surface area contributed by atoms with Crippen LogP contribution in [0.25, 0.3) is 0 Å². The smallest absolute Gasteiger partial charge is 0.405 e. The maximum absolute atomic E-state index is 11.2. The second-order valence-electron chi connectivity index (χ2n) is 8.47. The highest BCUT2D eigenvalue weighted by atomic mass is 28.4. The summed E-state index contributed by atoms with van der Waals surface area (Å²) < 4.78 is 17.3. The highest BCUT2D eigenvalue weighted by molar-refractivity contribution is 6.74. The molecule has 0 spiro atoms. The molecule has 2 aliphatic rings. The summed E-state index contributed by atoms with van der Waals surface area (Å²) in [6.45, 7) is 10.5. The van der Waals surface area contributed by atoms with Crippen molar-refractivity contribution in [3.05, 3.63) is 47.8 Å². The van der Waals surface area contributed by atoms with Crippen molar-refractivity contribution in [2.24, 2.45) is 0 Å². The molecule has 7 nitrogen and oxygen atoms in total. The van der Waals surface area contributed by atoms with Crippen LogP contribution in [0, 0.1) is 0 Å². The van der Waals surface area contributed by atoms with Gasteiger partial charge in [-0.05, 0) is 36.5 Å². The minimum Gasteiger partial charge on any atom is -0.465 e. The fourth-order valence-corrected chi connectivity index (χ4v) is 3.53. The molecule has 28 heavy (non-hydrogen) atoms. The maximum Gasteiger partial charge on any atom is 0.405 e. The fraction of sp³-hybridized carbons (Fsp3) is 0.550. The van der Waals surface area contributed by atoms with E-state index < -0.39 is 26.6 Å². The molecule has 1 aliphatic heterocycles. The number of allylic oxidation sites excluding steroid dienone is 4. The van der Waals surface area contributed by atoms with Gasteiger partial charge in [0.1, 0.15) is 18.6 Å². The number of aliphatic hydroxyl groups excluding tert-OH is 1. The standard InChI is InChI=1S/C20H31NO6Si/c1-20(2,3)28(4,5)26-11-15(21-19(23)24)18(22)17-13-25-12-16(27-17)14-9-7-6-8-10-14/h6-7,9,12-13,15,18,21-22H,8,10-11H2,1-5H3,(H,23,24)/t15-,18-/m1/s1. The summed E-state index contributed by atoms with van der Waals surface area (Å²) in [7, 11) is -2.12. The Morgan fingerprint density at radius 3 is 2.64 bits per heavy atom. The van der Waals surface area contributed by atoms with Crippen LogP contribution >= 0.6 is 0 Å². The number of hydrogen-bond donors (Lipinski definition) is 3. The normalized spacial score (nSPS) is 19.4. The van der Waals surface area contributed by atoms with E-state index in [9.17, 15) is 15.0 Å². The van der Waals surface area contributed by atoms with Gasteiger partial charge in [0.15, 0.2) is 19.8 Å². The molecule has 0 saturated carbocycles. The third kappa shape index (κ3) is 5.73. The maximum atomic E-state index is 11.2. The number of hydrogen-bond acceptors (Lipinski definition) is 5. The zero-order chi connectivity index (χ0) is 20.9. The van der Waals surface area contributed by atoms with E-state index in [1.165, 1.54) is 12.5 Å². The van der Waals surface area contributed by atoms with E-state index in [0.29, 0.717) is 5.76 Å². The van der Waals surface area contributed by atoms with Gasteiger partial charge in [-0.25, -0.2) is 4.79 Å². The van der Waals surface area contributed by atoms with Crippen molar-refractivity contribution in [1.82, 2.24) is 5.32 Å². The first kappa shape index (κ1) is 22.3. The van der Waals surface area contributed by atoms with E-state index in [1.54, 1.807) is 0 Å². The van der Waals surface area contributed by atoms with Gasteiger partial charge in [-0.1, -0.05) is 39.0 Å². The minimum absolute atomic E-state index is 0.0354. The van der Waals surface area contributed by atoms with Gasteiger partial charge in [0.05, 0.1) is 12.6 Å². The van der Waals surface area contributed by atoms with Crippen LogP contribution in [0.4, 0.5) is 4.79 Å².